The van der Waals surface area contributed by atoms with Crippen molar-refractivity contribution < 1.29 is 23.5 Å². The number of benzene rings is 2. The second-order valence-corrected chi connectivity index (χ2v) is 5.79. The number of hydrogen-bond donors (Lipinski definition) is 1. The molecule has 0 aliphatic heterocycles. The van der Waals surface area contributed by atoms with Crippen LogP contribution < -0.4 is 14.8 Å². The zero-order valence-electron chi connectivity index (χ0n) is 15.9. The van der Waals surface area contributed by atoms with E-state index in [4.69, 9.17) is 18.7 Å². The van der Waals surface area contributed by atoms with Gasteiger partial charge in [0.2, 0.25) is 5.82 Å². The summed E-state index contributed by atoms with van der Waals surface area (Å²) in [6.45, 7) is 0.836. The number of ether oxygens (including phenoxy) is 3. The fourth-order valence-corrected chi connectivity index (χ4v) is 2.65. The maximum absolute atomic E-state index is 12.5. The van der Waals surface area contributed by atoms with Crippen LogP contribution in [0.5, 0.6) is 11.5 Å². The number of carbonyl (C=O) groups excluding carboxylic acids is 1. The molecule has 8 nitrogen and oxygen atoms in total. The van der Waals surface area contributed by atoms with Crippen LogP contribution in [0.1, 0.15) is 10.4 Å². The molecule has 0 bridgehead atoms. The van der Waals surface area contributed by atoms with Gasteiger partial charge in [-0.15, -0.1) is 0 Å². The number of carbonyl (C=O) groups is 1. The molecule has 3 aromatic rings. The van der Waals surface area contributed by atoms with Gasteiger partial charge in [0.15, 0.2) is 11.5 Å². The van der Waals surface area contributed by atoms with Gasteiger partial charge in [-0.25, -0.2) is 0 Å². The van der Waals surface area contributed by atoms with Crippen molar-refractivity contribution in [1.29, 1.82) is 0 Å². The minimum atomic E-state index is -0.237. The number of methoxy groups -OCH3 is 3. The third kappa shape index (κ3) is 4.12. The second kappa shape index (κ2) is 9.01. The molecular weight excluding hydrogens is 362 g/mol. The summed E-state index contributed by atoms with van der Waals surface area (Å²) in [5, 5.41) is 6.83. The van der Waals surface area contributed by atoms with E-state index < -0.39 is 0 Å². The van der Waals surface area contributed by atoms with Crippen molar-refractivity contribution in [3.05, 3.63) is 48.0 Å². The van der Waals surface area contributed by atoms with Crippen LogP contribution in [0.15, 0.2) is 47.0 Å². The monoisotopic (exact) mass is 383 g/mol. The molecule has 0 aliphatic carbocycles. The van der Waals surface area contributed by atoms with E-state index in [0.717, 1.165) is 0 Å². The summed E-state index contributed by atoms with van der Waals surface area (Å²) < 4.78 is 20.9. The predicted octanol–water partition coefficient (Wildman–Crippen LogP) is 2.80. The van der Waals surface area contributed by atoms with Crippen LogP contribution in [0.2, 0.25) is 0 Å². The van der Waals surface area contributed by atoms with Crippen molar-refractivity contribution in [3.63, 3.8) is 0 Å². The second-order valence-electron chi connectivity index (χ2n) is 5.79. The van der Waals surface area contributed by atoms with Gasteiger partial charge in [-0.05, 0) is 30.3 Å². The van der Waals surface area contributed by atoms with E-state index in [1.807, 2.05) is 6.07 Å². The maximum Gasteiger partial charge on any atom is 0.259 e. The minimum absolute atomic E-state index is 0.237. The lowest BCUT2D eigenvalue weighted by atomic mass is 10.1. The first-order valence-corrected chi connectivity index (χ1v) is 8.60. The molecule has 28 heavy (non-hydrogen) atoms. The summed E-state index contributed by atoms with van der Waals surface area (Å²) in [5.74, 6) is 1.56. The molecule has 0 fully saturated rings. The summed E-state index contributed by atoms with van der Waals surface area (Å²) in [4.78, 5) is 16.9. The standard InChI is InChI=1S/C20H21N3O5/c1-25-11-10-21-19(24)14-6-4-5-7-15(14)20-22-18(23-28-20)13-8-9-16(26-2)17(12-13)27-3/h4-9,12H,10-11H2,1-3H3,(H,21,24). The third-order valence-corrected chi connectivity index (χ3v) is 4.06. The van der Waals surface area contributed by atoms with Crippen LogP contribution in [-0.4, -0.2) is 50.5 Å². The van der Waals surface area contributed by atoms with Gasteiger partial charge in [0.05, 0.1) is 32.0 Å². The van der Waals surface area contributed by atoms with E-state index in [9.17, 15) is 4.79 Å². The van der Waals surface area contributed by atoms with Gasteiger partial charge in [-0.2, -0.15) is 4.98 Å². The van der Waals surface area contributed by atoms with E-state index in [1.54, 1.807) is 57.7 Å². The molecule has 0 spiro atoms. The molecule has 0 saturated carbocycles. The first kappa shape index (κ1) is 19.4. The summed E-state index contributed by atoms with van der Waals surface area (Å²) in [7, 11) is 4.70. The Morgan fingerprint density at radius 2 is 1.86 bits per heavy atom. The average Bonchev–Trinajstić information content (AvgIpc) is 3.23. The Kier molecular flexibility index (Phi) is 6.23. The first-order chi connectivity index (χ1) is 13.7. The highest BCUT2D eigenvalue weighted by atomic mass is 16.5. The van der Waals surface area contributed by atoms with Gasteiger partial charge in [0.1, 0.15) is 0 Å². The lowest BCUT2D eigenvalue weighted by Gasteiger charge is -2.08. The van der Waals surface area contributed by atoms with Gasteiger partial charge in [0, 0.05) is 19.2 Å². The Morgan fingerprint density at radius 3 is 2.61 bits per heavy atom. The van der Waals surface area contributed by atoms with E-state index in [1.165, 1.54) is 0 Å². The Balaban J connectivity index is 1.90. The zero-order valence-corrected chi connectivity index (χ0v) is 15.9. The van der Waals surface area contributed by atoms with Crippen molar-refractivity contribution in [3.8, 4) is 34.3 Å². The predicted molar refractivity (Wildman–Crippen MR) is 102 cm³/mol. The van der Waals surface area contributed by atoms with E-state index in [-0.39, 0.29) is 11.8 Å². The highest BCUT2D eigenvalue weighted by Gasteiger charge is 2.18. The lowest BCUT2D eigenvalue weighted by Crippen LogP contribution is -2.27. The zero-order chi connectivity index (χ0) is 19.9. The van der Waals surface area contributed by atoms with Crippen molar-refractivity contribution in [2.45, 2.75) is 0 Å². The molecule has 1 aromatic heterocycles. The Morgan fingerprint density at radius 1 is 1.07 bits per heavy atom. The number of rotatable bonds is 8. The molecule has 3 rings (SSSR count). The lowest BCUT2D eigenvalue weighted by molar-refractivity contribution is 0.0937. The molecule has 8 heteroatoms. The topological polar surface area (TPSA) is 95.7 Å². The molecule has 0 saturated heterocycles. The number of nitrogens with zero attached hydrogens (tertiary/aromatic N) is 2. The van der Waals surface area contributed by atoms with Crippen LogP contribution >= 0.6 is 0 Å². The smallest absolute Gasteiger partial charge is 0.259 e. The van der Waals surface area contributed by atoms with Gasteiger partial charge in [0.25, 0.3) is 11.8 Å². The molecule has 0 aliphatic rings. The molecule has 146 valence electrons. The number of nitrogens with one attached hydrogen (secondary N) is 1. The molecular formula is C20H21N3O5. The number of aromatic nitrogens is 2. The summed E-state index contributed by atoms with van der Waals surface area (Å²) in [6.07, 6.45) is 0. The Bertz CT molecular complexity index is 955. The van der Waals surface area contributed by atoms with Crippen molar-refractivity contribution in [1.82, 2.24) is 15.5 Å². The van der Waals surface area contributed by atoms with E-state index >= 15 is 0 Å². The average molecular weight is 383 g/mol. The Hall–Kier alpha value is -3.39. The van der Waals surface area contributed by atoms with Gasteiger partial charge < -0.3 is 24.1 Å². The fraction of sp³-hybridized carbons (Fsp3) is 0.250. The third-order valence-electron chi connectivity index (χ3n) is 4.06. The summed E-state index contributed by atoms with van der Waals surface area (Å²) >= 11 is 0. The highest BCUT2D eigenvalue weighted by Crippen LogP contribution is 2.32. The largest absolute Gasteiger partial charge is 0.493 e. The normalized spacial score (nSPS) is 10.5. The summed E-state index contributed by atoms with van der Waals surface area (Å²) in [6, 6.07) is 12.4. The Labute approximate surface area is 162 Å². The first-order valence-electron chi connectivity index (χ1n) is 8.60. The number of hydrogen-bond acceptors (Lipinski definition) is 7. The summed E-state index contributed by atoms with van der Waals surface area (Å²) in [5.41, 5.74) is 1.70. The highest BCUT2D eigenvalue weighted by molar-refractivity contribution is 6.00. The quantitative estimate of drug-likeness (QED) is 0.598. The van der Waals surface area contributed by atoms with Crippen LogP contribution in [0, 0.1) is 0 Å². The molecule has 1 heterocycles. The van der Waals surface area contributed by atoms with Crippen LogP contribution in [0.4, 0.5) is 0 Å². The maximum atomic E-state index is 12.5. The molecule has 1 N–H and O–H groups in total. The molecule has 0 radical (unpaired) electrons. The van der Waals surface area contributed by atoms with E-state index in [2.05, 4.69) is 15.5 Å². The van der Waals surface area contributed by atoms with Crippen LogP contribution in [-0.2, 0) is 4.74 Å². The van der Waals surface area contributed by atoms with E-state index in [0.29, 0.717) is 47.2 Å². The molecule has 1 amide bonds. The van der Waals surface area contributed by atoms with Gasteiger partial charge in [-0.1, -0.05) is 17.3 Å². The van der Waals surface area contributed by atoms with Crippen molar-refractivity contribution in [2.24, 2.45) is 0 Å². The van der Waals surface area contributed by atoms with Gasteiger partial charge in [-0.3, -0.25) is 4.79 Å². The van der Waals surface area contributed by atoms with Crippen LogP contribution in [0.3, 0.4) is 0 Å². The minimum Gasteiger partial charge on any atom is -0.493 e. The number of amides is 1. The van der Waals surface area contributed by atoms with Gasteiger partial charge >= 0.3 is 0 Å². The fourth-order valence-electron chi connectivity index (χ4n) is 2.65. The van der Waals surface area contributed by atoms with Crippen molar-refractivity contribution >= 4 is 5.91 Å². The SMILES string of the molecule is COCCNC(=O)c1ccccc1-c1nc(-c2ccc(OC)c(OC)c2)no1. The molecule has 0 unspecified atom stereocenters. The van der Waals surface area contributed by atoms with Crippen LogP contribution in [0.25, 0.3) is 22.8 Å². The van der Waals surface area contributed by atoms with Crippen molar-refractivity contribution in [2.75, 3.05) is 34.5 Å². The molecule has 0 atom stereocenters. The molecule has 2 aromatic carbocycles.